The Labute approximate surface area is 172 Å². The quantitative estimate of drug-likeness (QED) is 0.707. The van der Waals surface area contributed by atoms with Gasteiger partial charge >= 0.3 is 5.97 Å². The number of ether oxygens (including phenoxy) is 4. The zero-order chi connectivity index (χ0) is 19.4. The summed E-state index contributed by atoms with van der Waals surface area (Å²) in [5.41, 5.74) is 0.751. The van der Waals surface area contributed by atoms with E-state index < -0.39 is 11.4 Å². The Morgan fingerprint density at radius 3 is 2.61 bits per heavy atom. The van der Waals surface area contributed by atoms with Crippen molar-refractivity contribution >= 4 is 25.4 Å². The third-order valence-electron chi connectivity index (χ3n) is 5.43. The van der Waals surface area contributed by atoms with Gasteiger partial charge in [-0.25, -0.2) is 4.79 Å². The fourth-order valence-corrected chi connectivity index (χ4v) is 3.74. The number of methoxy groups -OCH3 is 2. The first kappa shape index (κ1) is 22.5. The molecule has 28 heavy (non-hydrogen) atoms. The molecule has 0 N–H and O–H groups in total. The van der Waals surface area contributed by atoms with Crippen LogP contribution in [-0.4, -0.2) is 63.5 Å². The lowest BCUT2D eigenvalue weighted by Crippen LogP contribution is -2.52. The predicted octanol–water partition coefficient (Wildman–Crippen LogP) is 2.14. The lowest BCUT2D eigenvalue weighted by molar-refractivity contribution is -0.155. The molecule has 3 rings (SSSR count). The van der Waals surface area contributed by atoms with Crippen LogP contribution in [0.1, 0.15) is 35.7 Å². The van der Waals surface area contributed by atoms with E-state index in [1.807, 2.05) is 17.9 Å². The van der Waals surface area contributed by atoms with Crippen LogP contribution in [0.15, 0.2) is 18.2 Å². The number of esters is 1. The number of rotatable bonds is 4. The second kappa shape index (κ2) is 9.62. The van der Waals surface area contributed by atoms with Crippen LogP contribution in [-0.2, 0) is 25.5 Å². The van der Waals surface area contributed by atoms with Crippen molar-refractivity contribution in [2.75, 3.05) is 40.6 Å². The topological polar surface area (TPSA) is 74.3 Å². The number of hydrogen-bond donors (Lipinski definition) is 0. The van der Waals surface area contributed by atoms with Crippen molar-refractivity contribution in [2.45, 2.75) is 32.4 Å². The molecule has 0 bridgehead atoms. The summed E-state index contributed by atoms with van der Waals surface area (Å²) in [5, 5.41) is 0. The van der Waals surface area contributed by atoms with Crippen LogP contribution in [0.3, 0.4) is 0 Å². The zero-order valence-electron chi connectivity index (χ0n) is 16.7. The summed E-state index contributed by atoms with van der Waals surface area (Å²) in [4.78, 5) is 27.2. The minimum Gasteiger partial charge on any atom is -0.491 e. The number of carbonyl (C=O) groups excluding carboxylic acids is 2. The van der Waals surface area contributed by atoms with Gasteiger partial charge in [-0.15, -0.1) is 0 Å². The van der Waals surface area contributed by atoms with E-state index in [1.165, 1.54) is 7.11 Å². The largest absolute Gasteiger partial charge is 0.491 e. The smallest absolute Gasteiger partial charge is 0.337 e. The molecule has 1 fully saturated rings. The Balaban J connectivity index is 0.00000280. The minimum atomic E-state index is -0.558. The molecule has 0 spiro atoms. The third-order valence-corrected chi connectivity index (χ3v) is 5.43. The highest BCUT2D eigenvalue weighted by atomic mass is 32.1. The SMILES string of the molecule is COCC1(C(=O)N2Cc3ccc(C(=O)OC)cc3OC[C@@H]2C)CCOCC1.S. The maximum atomic E-state index is 13.5. The Kier molecular flexibility index (Phi) is 7.74. The highest BCUT2D eigenvalue weighted by Crippen LogP contribution is 2.36. The standard InChI is InChI=1S/C20H27NO6.H2S/c1-14-12-27-17-10-15(18(22)25-3)4-5-16(17)11-21(14)19(23)20(13-24-2)6-8-26-9-7-20;/h4-5,10,14H,6-9,11-13H2,1-3H3;1H2/t14-;/m0./s1. The molecule has 156 valence electrons. The molecule has 1 atom stereocenters. The van der Waals surface area contributed by atoms with Crippen LogP contribution in [0.5, 0.6) is 5.75 Å². The molecule has 1 aromatic rings. The number of amides is 1. The van der Waals surface area contributed by atoms with Crippen molar-refractivity contribution in [3.63, 3.8) is 0 Å². The molecule has 0 radical (unpaired) electrons. The summed E-state index contributed by atoms with van der Waals surface area (Å²) >= 11 is 0. The first-order valence-electron chi connectivity index (χ1n) is 9.22. The normalized spacial score (nSPS) is 20.8. The number of benzene rings is 1. The molecule has 0 unspecified atom stereocenters. The van der Waals surface area contributed by atoms with Gasteiger partial charge in [0.25, 0.3) is 0 Å². The van der Waals surface area contributed by atoms with E-state index in [-0.39, 0.29) is 25.4 Å². The van der Waals surface area contributed by atoms with Gasteiger partial charge < -0.3 is 23.8 Å². The lowest BCUT2D eigenvalue weighted by atomic mass is 9.79. The van der Waals surface area contributed by atoms with Crippen LogP contribution in [0.4, 0.5) is 0 Å². The molecule has 0 saturated carbocycles. The second-order valence-electron chi connectivity index (χ2n) is 7.23. The molecule has 8 heteroatoms. The Morgan fingerprint density at radius 2 is 1.96 bits per heavy atom. The molecule has 0 aliphatic carbocycles. The second-order valence-corrected chi connectivity index (χ2v) is 7.23. The predicted molar refractivity (Wildman–Crippen MR) is 108 cm³/mol. The van der Waals surface area contributed by atoms with Gasteiger partial charge in [-0.2, -0.15) is 13.5 Å². The van der Waals surface area contributed by atoms with Crippen LogP contribution >= 0.6 is 13.5 Å². The lowest BCUT2D eigenvalue weighted by Gasteiger charge is -2.40. The van der Waals surface area contributed by atoms with E-state index in [4.69, 9.17) is 18.9 Å². The summed E-state index contributed by atoms with van der Waals surface area (Å²) in [6.07, 6.45) is 1.30. The Morgan fingerprint density at radius 1 is 1.25 bits per heavy atom. The molecule has 2 heterocycles. The van der Waals surface area contributed by atoms with Crippen molar-refractivity contribution in [3.05, 3.63) is 29.3 Å². The average Bonchev–Trinajstić information content (AvgIpc) is 2.86. The van der Waals surface area contributed by atoms with Crippen molar-refractivity contribution in [1.29, 1.82) is 0 Å². The van der Waals surface area contributed by atoms with Gasteiger partial charge in [0.2, 0.25) is 5.91 Å². The van der Waals surface area contributed by atoms with E-state index in [0.717, 1.165) is 5.56 Å². The molecule has 0 aromatic heterocycles. The summed E-state index contributed by atoms with van der Waals surface area (Å²) in [6.45, 7) is 4.28. The average molecular weight is 412 g/mol. The Hall–Kier alpha value is -1.77. The molecule has 2 aliphatic heterocycles. The van der Waals surface area contributed by atoms with Gasteiger partial charge in [0, 0.05) is 32.4 Å². The molecule has 1 saturated heterocycles. The highest BCUT2D eigenvalue weighted by molar-refractivity contribution is 7.59. The number of fused-ring (bicyclic) bond motifs is 1. The monoisotopic (exact) mass is 411 g/mol. The maximum Gasteiger partial charge on any atom is 0.337 e. The maximum absolute atomic E-state index is 13.5. The Bertz CT molecular complexity index is 698. The van der Waals surface area contributed by atoms with E-state index in [9.17, 15) is 9.59 Å². The molecule has 7 nitrogen and oxygen atoms in total. The number of hydrogen-bond acceptors (Lipinski definition) is 6. The van der Waals surface area contributed by atoms with Crippen LogP contribution < -0.4 is 4.74 Å². The van der Waals surface area contributed by atoms with E-state index in [1.54, 1.807) is 19.2 Å². The van der Waals surface area contributed by atoms with Gasteiger partial charge in [-0.1, -0.05) is 6.07 Å². The van der Waals surface area contributed by atoms with E-state index in [2.05, 4.69) is 0 Å². The molecule has 1 aromatic carbocycles. The fourth-order valence-electron chi connectivity index (χ4n) is 3.74. The molecule has 1 amide bonds. The first-order chi connectivity index (χ1) is 13.0. The van der Waals surface area contributed by atoms with Crippen molar-refractivity contribution in [3.8, 4) is 5.75 Å². The minimum absolute atomic E-state index is 0. The van der Waals surface area contributed by atoms with Crippen LogP contribution in [0, 0.1) is 5.41 Å². The first-order valence-corrected chi connectivity index (χ1v) is 9.22. The van der Waals surface area contributed by atoms with Gasteiger partial charge in [-0.05, 0) is 31.9 Å². The number of nitrogens with zero attached hydrogens (tertiary/aromatic N) is 1. The highest BCUT2D eigenvalue weighted by Gasteiger charge is 2.44. The van der Waals surface area contributed by atoms with Gasteiger partial charge in [0.1, 0.15) is 12.4 Å². The van der Waals surface area contributed by atoms with Gasteiger partial charge in [0.15, 0.2) is 0 Å². The van der Waals surface area contributed by atoms with Gasteiger partial charge in [-0.3, -0.25) is 4.79 Å². The summed E-state index contributed by atoms with van der Waals surface area (Å²) in [5.74, 6) is 0.286. The van der Waals surface area contributed by atoms with Crippen LogP contribution in [0.2, 0.25) is 0 Å². The molecular weight excluding hydrogens is 382 g/mol. The van der Waals surface area contributed by atoms with Crippen LogP contribution in [0.25, 0.3) is 0 Å². The fraction of sp³-hybridized carbons (Fsp3) is 0.600. The van der Waals surface area contributed by atoms with Crippen molar-refractivity contribution in [2.24, 2.45) is 5.41 Å². The van der Waals surface area contributed by atoms with Crippen molar-refractivity contribution < 1.29 is 28.5 Å². The zero-order valence-corrected chi connectivity index (χ0v) is 17.7. The van der Waals surface area contributed by atoms with E-state index in [0.29, 0.717) is 57.1 Å². The van der Waals surface area contributed by atoms with Crippen molar-refractivity contribution in [1.82, 2.24) is 4.90 Å². The summed E-state index contributed by atoms with van der Waals surface area (Å²) < 4.78 is 21.5. The summed E-state index contributed by atoms with van der Waals surface area (Å²) in [7, 11) is 2.98. The summed E-state index contributed by atoms with van der Waals surface area (Å²) in [6, 6.07) is 5.11. The third kappa shape index (κ3) is 4.45. The van der Waals surface area contributed by atoms with E-state index >= 15 is 0 Å². The molecule has 2 aliphatic rings. The number of carbonyl (C=O) groups is 2. The molecular formula is C20H29NO6S. The van der Waals surface area contributed by atoms with Gasteiger partial charge in [0.05, 0.1) is 30.7 Å².